The van der Waals surface area contributed by atoms with E-state index in [9.17, 15) is 0 Å². The van der Waals surface area contributed by atoms with E-state index in [1.54, 1.807) is 6.20 Å². The van der Waals surface area contributed by atoms with Crippen molar-refractivity contribution >= 4 is 11.4 Å². The molecule has 5 heteroatoms. The lowest BCUT2D eigenvalue weighted by Crippen LogP contribution is -2.09. The van der Waals surface area contributed by atoms with E-state index < -0.39 is 0 Å². The van der Waals surface area contributed by atoms with Gasteiger partial charge in [-0.05, 0) is 32.4 Å². The molecule has 0 saturated carbocycles. The zero-order valence-corrected chi connectivity index (χ0v) is 11.8. The van der Waals surface area contributed by atoms with Gasteiger partial charge in [0.2, 0.25) is 0 Å². The first-order valence-electron chi connectivity index (χ1n) is 6.57. The summed E-state index contributed by atoms with van der Waals surface area (Å²) in [5, 5.41) is 10.9. The van der Waals surface area contributed by atoms with Gasteiger partial charge in [0.1, 0.15) is 0 Å². The molecule has 2 heterocycles. The Morgan fingerprint density at radius 2 is 1.95 bits per heavy atom. The summed E-state index contributed by atoms with van der Waals surface area (Å²) in [5.41, 5.74) is 4.36. The number of hydrogen-bond donors (Lipinski definition) is 2. The molecule has 0 aromatic carbocycles. The van der Waals surface area contributed by atoms with E-state index in [1.165, 1.54) is 5.69 Å². The van der Waals surface area contributed by atoms with Gasteiger partial charge in [0.25, 0.3) is 0 Å². The molecule has 19 heavy (non-hydrogen) atoms. The summed E-state index contributed by atoms with van der Waals surface area (Å²) in [6.45, 7) is 5.96. The Labute approximate surface area is 114 Å². The van der Waals surface area contributed by atoms with Gasteiger partial charge < -0.3 is 10.6 Å². The highest BCUT2D eigenvalue weighted by molar-refractivity contribution is 5.53. The molecule has 0 amide bonds. The predicted octanol–water partition coefficient (Wildman–Crippen LogP) is 2.44. The van der Waals surface area contributed by atoms with Gasteiger partial charge in [-0.2, -0.15) is 5.10 Å². The molecular formula is C14H21N5. The number of aryl methyl sites for hydroxylation is 3. The Morgan fingerprint density at radius 1 is 1.16 bits per heavy atom. The predicted molar refractivity (Wildman–Crippen MR) is 78.6 cm³/mol. The molecule has 5 nitrogen and oxygen atoms in total. The van der Waals surface area contributed by atoms with Gasteiger partial charge in [-0.1, -0.05) is 0 Å². The third kappa shape index (κ3) is 3.71. The lowest BCUT2D eigenvalue weighted by Gasteiger charge is -2.08. The summed E-state index contributed by atoms with van der Waals surface area (Å²) >= 11 is 0. The molecular weight excluding hydrogens is 238 g/mol. The summed E-state index contributed by atoms with van der Waals surface area (Å²) in [7, 11) is 1.89. The second-order valence-corrected chi connectivity index (χ2v) is 4.64. The molecule has 0 spiro atoms. The topological polar surface area (TPSA) is 54.8 Å². The summed E-state index contributed by atoms with van der Waals surface area (Å²) in [5.74, 6) is 0. The maximum atomic E-state index is 4.45. The zero-order valence-electron chi connectivity index (χ0n) is 11.8. The van der Waals surface area contributed by atoms with Gasteiger partial charge in [-0.3, -0.25) is 9.67 Å². The van der Waals surface area contributed by atoms with Crippen LogP contribution in [0.4, 0.5) is 11.4 Å². The fourth-order valence-corrected chi connectivity index (χ4v) is 2.04. The van der Waals surface area contributed by atoms with Crippen molar-refractivity contribution in [3.63, 3.8) is 0 Å². The fraction of sp³-hybridized carbons (Fsp3) is 0.429. The molecule has 0 radical (unpaired) electrons. The van der Waals surface area contributed by atoms with Crippen molar-refractivity contribution in [2.75, 3.05) is 24.2 Å². The number of anilines is 2. The first-order valence-corrected chi connectivity index (χ1v) is 6.57. The van der Waals surface area contributed by atoms with Crippen molar-refractivity contribution in [2.24, 2.45) is 0 Å². The fourth-order valence-electron chi connectivity index (χ4n) is 2.04. The third-order valence-corrected chi connectivity index (χ3v) is 3.01. The van der Waals surface area contributed by atoms with Gasteiger partial charge in [0.05, 0.1) is 29.5 Å². The molecule has 2 rings (SSSR count). The van der Waals surface area contributed by atoms with Crippen LogP contribution in [-0.4, -0.2) is 28.4 Å². The number of pyridine rings is 1. The van der Waals surface area contributed by atoms with E-state index in [0.717, 1.165) is 36.6 Å². The smallest absolute Gasteiger partial charge is 0.0596 e. The zero-order chi connectivity index (χ0) is 13.7. The normalized spacial score (nSPS) is 10.5. The molecule has 2 aromatic rings. The van der Waals surface area contributed by atoms with Crippen LogP contribution in [0.25, 0.3) is 0 Å². The van der Waals surface area contributed by atoms with Crippen LogP contribution >= 0.6 is 0 Å². The van der Waals surface area contributed by atoms with Crippen LogP contribution in [0.3, 0.4) is 0 Å². The molecule has 0 unspecified atom stereocenters. The van der Waals surface area contributed by atoms with Crippen molar-refractivity contribution in [3.05, 3.63) is 35.9 Å². The average molecular weight is 259 g/mol. The third-order valence-electron chi connectivity index (χ3n) is 3.01. The summed E-state index contributed by atoms with van der Waals surface area (Å²) in [6, 6.07) is 4.16. The molecule has 0 bridgehead atoms. The summed E-state index contributed by atoms with van der Waals surface area (Å²) < 4.78 is 2.05. The van der Waals surface area contributed by atoms with Crippen molar-refractivity contribution in [3.8, 4) is 0 Å². The molecule has 0 saturated heterocycles. The maximum Gasteiger partial charge on any atom is 0.0596 e. The molecule has 0 atom stereocenters. The van der Waals surface area contributed by atoms with Crippen molar-refractivity contribution in [1.82, 2.24) is 14.8 Å². The lowest BCUT2D eigenvalue weighted by atomic mass is 10.3. The molecule has 102 valence electrons. The van der Waals surface area contributed by atoms with E-state index in [1.807, 2.05) is 20.2 Å². The second kappa shape index (κ2) is 6.22. The van der Waals surface area contributed by atoms with E-state index in [-0.39, 0.29) is 0 Å². The van der Waals surface area contributed by atoms with Gasteiger partial charge in [0.15, 0.2) is 0 Å². The minimum atomic E-state index is 0.910. The monoisotopic (exact) mass is 259 g/mol. The molecule has 2 aromatic heterocycles. The highest BCUT2D eigenvalue weighted by atomic mass is 15.3. The molecule has 0 aliphatic rings. The van der Waals surface area contributed by atoms with E-state index >= 15 is 0 Å². The standard InChI is InChI=1S/C14H21N5/c1-11-7-12(2)19(18-11)6-4-5-17-14-8-13(15-3)9-16-10-14/h7-10,15,17H,4-6H2,1-3H3. The number of rotatable bonds is 6. The largest absolute Gasteiger partial charge is 0.387 e. The number of nitrogens with zero attached hydrogens (tertiary/aromatic N) is 3. The Kier molecular flexibility index (Phi) is 4.39. The highest BCUT2D eigenvalue weighted by Crippen LogP contribution is 2.12. The second-order valence-electron chi connectivity index (χ2n) is 4.64. The Balaban J connectivity index is 1.79. The van der Waals surface area contributed by atoms with E-state index in [4.69, 9.17) is 0 Å². The first-order chi connectivity index (χ1) is 9.19. The number of nitrogens with one attached hydrogen (secondary N) is 2. The quantitative estimate of drug-likeness (QED) is 0.782. The van der Waals surface area contributed by atoms with E-state index in [0.29, 0.717) is 0 Å². The SMILES string of the molecule is CNc1cncc(NCCCn2nc(C)cc2C)c1. The first kappa shape index (κ1) is 13.4. The van der Waals surface area contributed by atoms with Crippen LogP contribution in [0.15, 0.2) is 24.5 Å². The van der Waals surface area contributed by atoms with Crippen molar-refractivity contribution in [1.29, 1.82) is 0 Å². The van der Waals surface area contributed by atoms with Crippen molar-refractivity contribution in [2.45, 2.75) is 26.8 Å². The van der Waals surface area contributed by atoms with E-state index in [2.05, 4.69) is 44.5 Å². The van der Waals surface area contributed by atoms with Crippen LogP contribution in [0.5, 0.6) is 0 Å². The van der Waals surface area contributed by atoms with Gasteiger partial charge in [-0.25, -0.2) is 0 Å². The van der Waals surface area contributed by atoms with Gasteiger partial charge in [0, 0.05) is 25.8 Å². The summed E-state index contributed by atoms with van der Waals surface area (Å²) in [6.07, 6.45) is 4.68. The average Bonchev–Trinajstić information content (AvgIpc) is 2.73. The minimum Gasteiger partial charge on any atom is -0.387 e. The molecule has 0 aliphatic heterocycles. The van der Waals surface area contributed by atoms with Crippen LogP contribution in [0.1, 0.15) is 17.8 Å². The number of aromatic nitrogens is 3. The van der Waals surface area contributed by atoms with Crippen LogP contribution in [-0.2, 0) is 6.54 Å². The molecule has 0 fully saturated rings. The van der Waals surface area contributed by atoms with Crippen molar-refractivity contribution < 1.29 is 0 Å². The minimum absolute atomic E-state index is 0.910. The Hall–Kier alpha value is -2.04. The van der Waals surface area contributed by atoms with Gasteiger partial charge >= 0.3 is 0 Å². The van der Waals surface area contributed by atoms with Crippen LogP contribution in [0, 0.1) is 13.8 Å². The highest BCUT2D eigenvalue weighted by Gasteiger charge is 2.00. The van der Waals surface area contributed by atoms with Gasteiger partial charge in [-0.15, -0.1) is 0 Å². The molecule has 0 aliphatic carbocycles. The maximum absolute atomic E-state index is 4.45. The van der Waals surface area contributed by atoms with Crippen LogP contribution < -0.4 is 10.6 Å². The Morgan fingerprint density at radius 3 is 2.63 bits per heavy atom. The Bertz CT molecular complexity index is 532. The number of hydrogen-bond acceptors (Lipinski definition) is 4. The lowest BCUT2D eigenvalue weighted by molar-refractivity contribution is 0.574. The summed E-state index contributed by atoms with van der Waals surface area (Å²) in [4.78, 5) is 4.17. The molecule has 2 N–H and O–H groups in total. The van der Waals surface area contributed by atoms with Crippen LogP contribution in [0.2, 0.25) is 0 Å².